The molecule has 1 aliphatic rings. The van der Waals surface area contributed by atoms with Crippen molar-refractivity contribution < 1.29 is 0 Å². The molecule has 1 aliphatic carbocycles. The van der Waals surface area contributed by atoms with Gasteiger partial charge in [-0.1, -0.05) is 27.5 Å². The molecule has 0 aromatic rings. The normalized spacial score (nSPS) is 21.8. The molecule has 0 spiro atoms. The molecule has 0 saturated carbocycles. The van der Waals surface area contributed by atoms with E-state index in [4.69, 9.17) is 11.6 Å². The van der Waals surface area contributed by atoms with Crippen LogP contribution in [-0.4, -0.2) is 0 Å². The van der Waals surface area contributed by atoms with Gasteiger partial charge in [0.05, 0.1) is 0 Å². The van der Waals surface area contributed by atoms with Gasteiger partial charge in [0.2, 0.25) is 0 Å². The smallest absolute Gasteiger partial charge is 0.0282 e. The van der Waals surface area contributed by atoms with Gasteiger partial charge in [-0.2, -0.15) is 0 Å². The van der Waals surface area contributed by atoms with Gasteiger partial charge in [0, 0.05) is 9.51 Å². The zero-order chi connectivity index (χ0) is 5.98. The lowest BCUT2D eigenvalue weighted by Crippen LogP contribution is -1.88. The Labute approximate surface area is 63.0 Å². The maximum atomic E-state index is 5.80. The molecule has 0 N–H and O–H groups in total. The third-order valence-electron chi connectivity index (χ3n) is 1.34. The van der Waals surface area contributed by atoms with Gasteiger partial charge in [-0.05, 0) is 25.7 Å². The lowest BCUT2D eigenvalue weighted by Gasteiger charge is -2.09. The third kappa shape index (κ3) is 1.49. The van der Waals surface area contributed by atoms with E-state index in [-0.39, 0.29) is 0 Å². The molecule has 0 aliphatic heterocycles. The summed E-state index contributed by atoms with van der Waals surface area (Å²) in [6.45, 7) is 0. The van der Waals surface area contributed by atoms with Crippen LogP contribution in [0.2, 0.25) is 0 Å². The van der Waals surface area contributed by atoms with E-state index >= 15 is 0 Å². The highest BCUT2D eigenvalue weighted by molar-refractivity contribution is 9.11. The summed E-state index contributed by atoms with van der Waals surface area (Å²) in [7, 11) is 0. The minimum atomic E-state index is 1.02. The first-order valence-electron chi connectivity index (χ1n) is 2.84. The molecule has 1 rings (SSSR count). The standard InChI is InChI=1S/C6H8BrCl/c7-5-3-1-2-4-6(5)8/h1-4H2. The highest BCUT2D eigenvalue weighted by atomic mass is 79.9. The third-order valence-corrected chi connectivity index (χ3v) is 2.86. The topological polar surface area (TPSA) is 0 Å². The fourth-order valence-electron chi connectivity index (χ4n) is 0.832. The van der Waals surface area contributed by atoms with Crippen LogP contribution < -0.4 is 0 Å². The Morgan fingerprint density at radius 3 is 2.25 bits per heavy atom. The fraction of sp³-hybridized carbons (Fsp3) is 0.667. The van der Waals surface area contributed by atoms with Gasteiger partial charge in [0.15, 0.2) is 0 Å². The van der Waals surface area contributed by atoms with E-state index in [1.807, 2.05) is 0 Å². The zero-order valence-corrected chi connectivity index (χ0v) is 6.93. The van der Waals surface area contributed by atoms with Crippen LogP contribution in [0.15, 0.2) is 9.51 Å². The van der Waals surface area contributed by atoms with Crippen molar-refractivity contribution in [2.45, 2.75) is 25.7 Å². The second-order valence-electron chi connectivity index (χ2n) is 2.02. The molecule has 0 nitrogen and oxygen atoms in total. The Kier molecular flexibility index (Phi) is 2.39. The van der Waals surface area contributed by atoms with E-state index in [0.29, 0.717) is 0 Å². The molecule has 8 heavy (non-hydrogen) atoms. The number of hydrogen-bond acceptors (Lipinski definition) is 0. The van der Waals surface area contributed by atoms with Crippen LogP contribution in [0.5, 0.6) is 0 Å². The van der Waals surface area contributed by atoms with E-state index in [1.165, 1.54) is 17.3 Å². The summed E-state index contributed by atoms with van der Waals surface area (Å²) in [5, 5.41) is 1.02. The van der Waals surface area contributed by atoms with Crippen LogP contribution in [0, 0.1) is 0 Å². The molecule has 0 atom stereocenters. The largest absolute Gasteiger partial charge is 0.0883 e. The molecule has 46 valence electrons. The maximum Gasteiger partial charge on any atom is 0.0282 e. The molecule has 0 unspecified atom stereocenters. The molecule has 0 aromatic carbocycles. The van der Waals surface area contributed by atoms with Crippen molar-refractivity contribution in [3.05, 3.63) is 9.51 Å². The van der Waals surface area contributed by atoms with Gasteiger partial charge in [-0.25, -0.2) is 0 Å². The molecular formula is C6H8BrCl. The molecular weight excluding hydrogens is 187 g/mol. The molecule has 0 amide bonds. The Balaban J connectivity index is 2.60. The van der Waals surface area contributed by atoms with Crippen LogP contribution >= 0.6 is 27.5 Å². The average molecular weight is 195 g/mol. The lowest BCUT2D eigenvalue weighted by molar-refractivity contribution is 0.716. The van der Waals surface area contributed by atoms with Crippen LogP contribution in [-0.2, 0) is 0 Å². The molecule has 0 aromatic heterocycles. The first kappa shape index (κ1) is 6.63. The summed E-state index contributed by atoms with van der Waals surface area (Å²) in [4.78, 5) is 0. The summed E-state index contributed by atoms with van der Waals surface area (Å²) >= 11 is 9.20. The minimum Gasteiger partial charge on any atom is -0.0883 e. The fourth-order valence-corrected chi connectivity index (χ4v) is 1.54. The minimum absolute atomic E-state index is 1.02. The quantitative estimate of drug-likeness (QED) is 0.556. The van der Waals surface area contributed by atoms with Crippen molar-refractivity contribution in [1.29, 1.82) is 0 Å². The summed E-state index contributed by atoms with van der Waals surface area (Å²) in [6.07, 6.45) is 4.76. The summed E-state index contributed by atoms with van der Waals surface area (Å²) in [5.41, 5.74) is 0. The van der Waals surface area contributed by atoms with Crippen molar-refractivity contribution in [2.24, 2.45) is 0 Å². The molecule has 2 heteroatoms. The van der Waals surface area contributed by atoms with E-state index in [1.54, 1.807) is 0 Å². The molecule has 0 radical (unpaired) electrons. The molecule has 0 saturated heterocycles. The van der Waals surface area contributed by atoms with Crippen molar-refractivity contribution >= 4 is 27.5 Å². The predicted octanol–water partition coefficient (Wildman–Crippen LogP) is 3.41. The average Bonchev–Trinajstić information content (AvgIpc) is 1.77. The van der Waals surface area contributed by atoms with Crippen LogP contribution in [0.1, 0.15) is 25.7 Å². The number of hydrogen-bond donors (Lipinski definition) is 0. The van der Waals surface area contributed by atoms with Gasteiger partial charge >= 0.3 is 0 Å². The summed E-state index contributed by atoms with van der Waals surface area (Å²) in [6, 6.07) is 0. The van der Waals surface area contributed by atoms with Crippen molar-refractivity contribution in [1.82, 2.24) is 0 Å². The van der Waals surface area contributed by atoms with E-state index < -0.39 is 0 Å². The second kappa shape index (κ2) is 2.88. The van der Waals surface area contributed by atoms with Crippen molar-refractivity contribution in [3.63, 3.8) is 0 Å². The number of halogens is 2. The van der Waals surface area contributed by atoms with E-state index in [2.05, 4.69) is 15.9 Å². The van der Waals surface area contributed by atoms with Gasteiger partial charge in [-0.3, -0.25) is 0 Å². The predicted molar refractivity (Wildman–Crippen MR) is 40.3 cm³/mol. The van der Waals surface area contributed by atoms with Gasteiger partial charge in [0.25, 0.3) is 0 Å². The molecule has 0 heterocycles. The lowest BCUT2D eigenvalue weighted by atomic mass is 10.1. The maximum absolute atomic E-state index is 5.80. The summed E-state index contributed by atoms with van der Waals surface area (Å²) < 4.78 is 1.21. The first-order chi connectivity index (χ1) is 3.80. The Bertz CT molecular complexity index is 104. The zero-order valence-electron chi connectivity index (χ0n) is 4.58. The van der Waals surface area contributed by atoms with Crippen molar-refractivity contribution in [3.8, 4) is 0 Å². The monoisotopic (exact) mass is 194 g/mol. The number of allylic oxidation sites excluding steroid dienone is 2. The van der Waals surface area contributed by atoms with Crippen LogP contribution in [0.3, 0.4) is 0 Å². The van der Waals surface area contributed by atoms with E-state index in [9.17, 15) is 0 Å². The highest BCUT2D eigenvalue weighted by Gasteiger charge is 2.06. The van der Waals surface area contributed by atoms with Crippen LogP contribution in [0.4, 0.5) is 0 Å². The van der Waals surface area contributed by atoms with Crippen molar-refractivity contribution in [2.75, 3.05) is 0 Å². The van der Waals surface area contributed by atoms with Crippen LogP contribution in [0.25, 0.3) is 0 Å². The number of rotatable bonds is 0. The second-order valence-corrected chi connectivity index (χ2v) is 3.43. The van der Waals surface area contributed by atoms with E-state index in [0.717, 1.165) is 17.9 Å². The Morgan fingerprint density at radius 1 is 1.25 bits per heavy atom. The molecule has 0 bridgehead atoms. The SMILES string of the molecule is ClC1=C(Br)CCCC1. The summed E-state index contributed by atoms with van der Waals surface area (Å²) in [5.74, 6) is 0. The van der Waals surface area contributed by atoms with Gasteiger partial charge in [-0.15, -0.1) is 0 Å². The highest BCUT2D eigenvalue weighted by Crippen LogP contribution is 2.30. The molecule has 0 fully saturated rings. The Hall–Kier alpha value is 0.510. The van der Waals surface area contributed by atoms with Gasteiger partial charge in [0.1, 0.15) is 0 Å². The van der Waals surface area contributed by atoms with Gasteiger partial charge < -0.3 is 0 Å². The first-order valence-corrected chi connectivity index (χ1v) is 4.01. The Morgan fingerprint density at radius 2 is 1.88 bits per heavy atom.